The lowest BCUT2D eigenvalue weighted by Gasteiger charge is -2.24. The summed E-state index contributed by atoms with van der Waals surface area (Å²) in [5.41, 5.74) is -2.98. The van der Waals surface area contributed by atoms with Crippen LogP contribution in [0.1, 0.15) is 13.2 Å². The number of nitrogens with zero attached hydrogens (tertiary/aromatic N) is 2. The summed E-state index contributed by atoms with van der Waals surface area (Å²) in [4.78, 5) is 15.3. The van der Waals surface area contributed by atoms with Crippen molar-refractivity contribution in [2.24, 2.45) is 0 Å². The van der Waals surface area contributed by atoms with Crippen LogP contribution in [-0.2, 0) is 4.74 Å². The second-order valence-electron chi connectivity index (χ2n) is 4.47. The number of alkyl halides is 1. The van der Waals surface area contributed by atoms with Crippen LogP contribution in [-0.4, -0.2) is 51.4 Å². The Balaban J connectivity index is 2.39. The van der Waals surface area contributed by atoms with E-state index in [1.54, 1.807) is 0 Å². The zero-order chi connectivity index (χ0) is 14.2. The standard InChI is InChI=1S/C11H15FN2O5/c1-11(12)8(16)6(5-15)19-9(11)14-4-3-7(18-2)13-10(14)17/h3-4,6,8-9,15-16H,5H2,1-2H3/t6-,8-,9-,11-/m1/s1. The minimum Gasteiger partial charge on any atom is -0.481 e. The molecule has 0 unspecified atom stereocenters. The molecule has 1 saturated heterocycles. The molecule has 2 N–H and O–H groups in total. The molecule has 0 aliphatic carbocycles. The average molecular weight is 274 g/mol. The minimum absolute atomic E-state index is 0.0964. The third-order valence-corrected chi connectivity index (χ3v) is 3.16. The smallest absolute Gasteiger partial charge is 0.353 e. The molecule has 0 saturated carbocycles. The van der Waals surface area contributed by atoms with Gasteiger partial charge < -0.3 is 19.7 Å². The molecule has 1 aromatic heterocycles. The minimum atomic E-state index is -2.21. The molecule has 0 radical (unpaired) electrons. The Kier molecular flexibility index (Phi) is 3.57. The summed E-state index contributed by atoms with van der Waals surface area (Å²) in [5.74, 6) is 0.0964. The van der Waals surface area contributed by atoms with Gasteiger partial charge in [0.2, 0.25) is 5.88 Å². The van der Waals surface area contributed by atoms with Crippen LogP contribution >= 0.6 is 0 Å². The highest BCUT2D eigenvalue weighted by Gasteiger charge is 2.55. The van der Waals surface area contributed by atoms with Crippen molar-refractivity contribution in [2.75, 3.05) is 13.7 Å². The molecule has 0 aromatic carbocycles. The molecule has 4 atom stereocenters. The molecule has 19 heavy (non-hydrogen) atoms. The van der Waals surface area contributed by atoms with Crippen molar-refractivity contribution in [1.29, 1.82) is 0 Å². The van der Waals surface area contributed by atoms with E-state index in [-0.39, 0.29) is 5.88 Å². The Morgan fingerprint density at radius 3 is 2.84 bits per heavy atom. The van der Waals surface area contributed by atoms with Crippen molar-refractivity contribution < 1.29 is 24.1 Å². The highest BCUT2D eigenvalue weighted by molar-refractivity contribution is 5.08. The SMILES string of the molecule is COc1ccn([C@@H]2O[C@H](CO)[C@@H](O)[C@@]2(C)F)c(=O)n1. The Labute approximate surface area is 108 Å². The van der Waals surface area contributed by atoms with Gasteiger partial charge in [-0.2, -0.15) is 4.98 Å². The van der Waals surface area contributed by atoms with Gasteiger partial charge in [0.15, 0.2) is 11.9 Å². The first kappa shape index (κ1) is 13.9. The van der Waals surface area contributed by atoms with Gasteiger partial charge in [0.1, 0.15) is 12.2 Å². The van der Waals surface area contributed by atoms with E-state index in [4.69, 9.17) is 14.6 Å². The fourth-order valence-corrected chi connectivity index (χ4v) is 2.05. The largest absolute Gasteiger partial charge is 0.481 e. The number of rotatable bonds is 3. The predicted octanol–water partition coefficient (Wildman–Crippen LogP) is -0.769. The van der Waals surface area contributed by atoms with E-state index >= 15 is 0 Å². The van der Waals surface area contributed by atoms with E-state index in [2.05, 4.69) is 4.98 Å². The van der Waals surface area contributed by atoms with Crippen molar-refractivity contribution in [3.8, 4) is 5.88 Å². The molecule has 0 spiro atoms. The lowest BCUT2D eigenvalue weighted by Crippen LogP contribution is -2.42. The van der Waals surface area contributed by atoms with Crippen molar-refractivity contribution in [3.63, 3.8) is 0 Å². The van der Waals surface area contributed by atoms with Crippen molar-refractivity contribution in [1.82, 2.24) is 9.55 Å². The van der Waals surface area contributed by atoms with Crippen LogP contribution in [0.4, 0.5) is 4.39 Å². The van der Waals surface area contributed by atoms with Crippen molar-refractivity contribution >= 4 is 0 Å². The summed E-state index contributed by atoms with van der Waals surface area (Å²) < 4.78 is 25.3. The number of hydrogen-bond donors (Lipinski definition) is 2. The first-order valence-corrected chi connectivity index (χ1v) is 5.68. The molecular weight excluding hydrogens is 259 g/mol. The number of methoxy groups -OCH3 is 1. The monoisotopic (exact) mass is 274 g/mol. The zero-order valence-corrected chi connectivity index (χ0v) is 10.5. The molecule has 2 rings (SSSR count). The number of aliphatic hydroxyl groups is 2. The molecule has 1 aliphatic heterocycles. The van der Waals surface area contributed by atoms with Crippen molar-refractivity contribution in [2.45, 2.75) is 31.0 Å². The lowest BCUT2D eigenvalue weighted by molar-refractivity contribution is -0.0612. The Hall–Kier alpha value is -1.51. The van der Waals surface area contributed by atoms with Gasteiger partial charge in [0.05, 0.1) is 13.7 Å². The summed E-state index contributed by atoms with van der Waals surface area (Å²) in [7, 11) is 1.35. The van der Waals surface area contributed by atoms with Crippen LogP contribution in [0.3, 0.4) is 0 Å². The predicted molar refractivity (Wildman–Crippen MR) is 61.6 cm³/mol. The normalized spacial score (nSPS) is 34.5. The molecule has 1 aliphatic rings. The highest BCUT2D eigenvalue weighted by Crippen LogP contribution is 2.40. The van der Waals surface area contributed by atoms with Gasteiger partial charge in [0.25, 0.3) is 0 Å². The molecule has 2 heterocycles. The summed E-state index contributed by atoms with van der Waals surface area (Å²) >= 11 is 0. The maximum absolute atomic E-state index is 14.4. The summed E-state index contributed by atoms with van der Waals surface area (Å²) in [6, 6.07) is 1.37. The van der Waals surface area contributed by atoms with Crippen LogP contribution in [0, 0.1) is 0 Å². The van der Waals surface area contributed by atoms with Gasteiger partial charge in [-0.3, -0.25) is 4.57 Å². The second-order valence-corrected chi connectivity index (χ2v) is 4.47. The third kappa shape index (κ3) is 2.22. The van der Waals surface area contributed by atoms with Gasteiger partial charge >= 0.3 is 5.69 Å². The molecule has 106 valence electrons. The van der Waals surface area contributed by atoms with Crippen LogP contribution in [0.2, 0.25) is 0 Å². The van der Waals surface area contributed by atoms with E-state index < -0.39 is 36.4 Å². The topological polar surface area (TPSA) is 93.8 Å². The first-order valence-electron chi connectivity index (χ1n) is 5.68. The fraction of sp³-hybridized carbons (Fsp3) is 0.636. The fourth-order valence-electron chi connectivity index (χ4n) is 2.05. The second kappa shape index (κ2) is 4.87. The highest BCUT2D eigenvalue weighted by atomic mass is 19.1. The Bertz CT molecular complexity index is 518. The molecule has 8 heteroatoms. The first-order chi connectivity index (χ1) is 8.91. The lowest BCUT2D eigenvalue weighted by atomic mass is 9.98. The Morgan fingerprint density at radius 2 is 2.37 bits per heavy atom. The Morgan fingerprint density at radius 1 is 1.68 bits per heavy atom. The zero-order valence-electron chi connectivity index (χ0n) is 10.5. The molecule has 7 nitrogen and oxygen atoms in total. The summed E-state index contributed by atoms with van der Waals surface area (Å²) in [6.45, 7) is 0.560. The quantitative estimate of drug-likeness (QED) is 0.752. The van der Waals surface area contributed by atoms with E-state index in [0.29, 0.717) is 0 Å². The summed E-state index contributed by atoms with van der Waals surface area (Å²) in [6.07, 6.45) is -2.71. The van der Waals surface area contributed by atoms with Gasteiger partial charge in [0, 0.05) is 12.3 Å². The molecule has 0 amide bonds. The van der Waals surface area contributed by atoms with Crippen LogP contribution < -0.4 is 10.4 Å². The van der Waals surface area contributed by atoms with Crippen molar-refractivity contribution in [3.05, 3.63) is 22.7 Å². The maximum atomic E-state index is 14.4. The molecular formula is C11H15FN2O5. The van der Waals surface area contributed by atoms with Crippen LogP contribution in [0.15, 0.2) is 17.1 Å². The van der Waals surface area contributed by atoms with Crippen LogP contribution in [0.25, 0.3) is 0 Å². The number of hydrogen-bond acceptors (Lipinski definition) is 6. The van der Waals surface area contributed by atoms with Gasteiger partial charge in [-0.25, -0.2) is 9.18 Å². The molecule has 1 fully saturated rings. The van der Waals surface area contributed by atoms with E-state index in [1.807, 2.05) is 0 Å². The number of aromatic nitrogens is 2. The van der Waals surface area contributed by atoms with Gasteiger partial charge in [-0.15, -0.1) is 0 Å². The number of aliphatic hydroxyl groups excluding tert-OH is 2. The number of ether oxygens (including phenoxy) is 2. The van der Waals surface area contributed by atoms with E-state index in [9.17, 15) is 14.3 Å². The summed E-state index contributed by atoms with van der Waals surface area (Å²) in [5, 5.41) is 18.7. The van der Waals surface area contributed by atoms with E-state index in [0.717, 1.165) is 11.5 Å². The van der Waals surface area contributed by atoms with Gasteiger partial charge in [-0.1, -0.05) is 0 Å². The number of halogens is 1. The molecule has 1 aromatic rings. The molecule has 0 bridgehead atoms. The van der Waals surface area contributed by atoms with E-state index in [1.165, 1.54) is 19.4 Å². The van der Waals surface area contributed by atoms with Crippen LogP contribution in [0.5, 0.6) is 5.88 Å². The third-order valence-electron chi connectivity index (χ3n) is 3.16. The average Bonchev–Trinajstić information content (AvgIpc) is 2.61. The maximum Gasteiger partial charge on any atom is 0.353 e. The van der Waals surface area contributed by atoms with Gasteiger partial charge in [-0.05, 0) is 6.92 Å².